The molecule has 1 aliphatic rings. The average molecular weight is 284 g/mol. The predicted molar refractivity (Wildman–Crippen MR) is 85.4 cm³/mol. The van der Waals surface area contributed by atoms with E-state index >= 15 is 0 Å². The molecular weight excluding hydrogens is 260 g/mol. The minimum Gasteiger partial charge on any atom is -0.379 e. The molecule has 4 nitrogen and oxygen atoms in total. The summed E-state index contributed by atoms with van der Waals surface area (Å²) in [6.07, 6.45) is 7.04. The molecule has 0 saturated carbocycles. The second-order valence-corrected chi connectivity index (χ2v) is 6.83. The van der Waals surface area contributed by atoms with Gasteiger partial charge in [0, 0.05) is 5.69 Å². The standard InChI is InChI=1S/C17H24N4/c1-17(2,3)21-12-14(19-20-21)11-18-16-10-6-8-13-7-4-5-9-15(13)16/h6,8,10,12,18H,4-5,7,9,11H2,1-3H3. The zero-order valence-corrected chi connectivity index (χ0v) is 13.2. The summed E-state index contributed by atoms with van der Waals surface area (Å²) in [5, 5.41) is 12.0. The van der Waals surface area contributed by atoms with Crippen LogP contribution in [0.3, 0.4) is 0 Å². The van der Waals surface area contributed by atoms with Gasteiger partial charge < -0.3 is 5.32 Å². The minimum absolute atomic E-state index is 0.0167. The van der Waals surface area contributed by atoms with Crippen molar-refractivity contribution < 1.29 is 0 Å². The lowest BCUT2D eigenvalue weighted by molar-refractivity contribution is 0.347. The topological polar surface area (TPSA) is 42.7 Å². The largest absolute Gasteiger partial charge is 0.379 e. The fourth-order valence-electron chi connectivity index (χ4n) is 2.84. The first-order chi connectivity index (χ1) is 10.0. The summed E-state index contributed by atoms with van der Waals surface area (Å²) in [6.45, 7) is 7.12. The van der Waals surface area contributed by atoms with Crippen molar-refractivity contribution in [1.82, 2.24) is 15.0 Å². The summed E-state index contributed by atoms with van der Waals surface area (Å²) in [5.41, 5.74) is 5.23. The third-order valence-electron chi connectivity index (χ3n) is 4.08. The Morgan fingerprint density at radius 1 is 1.19 bits per heavy atom. The molecule has 0 radical (unpaired) electrons. The molecule has 1 N–H and O–H groups in total. The van der Waals surface area contributed by atoms with E-state index in [1.165, 1.54) is 42.5 Å². The van der Waals surface area contributed by atoms with Gasteiger partial charge in [-0.1, -0.05) is 17.3 Å². The number of nitrogens with zero attached hydrogens (tertiary/aromatic N) is 3. The van der Waals surface area contributed by atoms with Gasteiger partial charge in [0.1, 0.15) is 5.69 Å². The lowest BCUT2D eigenvalue weighted by Crippen LogP contribution is -2.22. The number of nitrogens with one attached hydrogen (secondary N) is 1. The minimum atomic E-state index is -0.0167. The number of fused-ring (bicyclic) bond motifs is 1. The maximum atomic E-state index is 4.26. The first-order valence-corrected chi connectivity index (χ1v) is 7.80. The maximum absolute atomic E-state index is 4.26. The van der Waals surface area contributed by atoms with E-state index in [1.807, 2.05) is 10.9 Å². The van der Waals surface area contributed by atoms with Crippen molar-refractivity contribution in [3.8, 4) is 0 Å². The van der Waals surface area contributed by atoms with E-state index in [1.54, 1.807) is 0 Å². The number of rotatable bonds is 3. The SMILES string of the molecule is CC(C)(C)n1cc(CNc2cccc3c2CCCC3)nn1. The van der Waals surface area contributed by atoms with Crippen LogP contribution >= 0.6 is 0 Å². The molecule has 112 valence electrons. The van der Waals surface area contributed by atoms with Crippen molar-refractivity contribution in [3.05, 3.63) is 41.2 Å². The average Bonchev–Trinajstić information content (AvgIpc) is 2.94. The molecule has 0 aliphatic heterocycles. The highest BCUT2D eigenvalue weighted by molar-refractivity contribution is 5.55. The second-order valence-electron chi connectivity index (χ2n) is 6.83. The molecule has 0 unspecified atom stereocenters. The third kappa shape index (κ3) is 3.09. The molecule has 0 amide bonds. The summed E-state index contributed by atoms with van der Waals surface area (Å²) < 4.78 is 1.92. The zero-order valence-electron chi connectivity index (χ0n) is 13.2. The summed E-state index contributed by atoms with van der Waals surface area (Å²) in [5.74, 6) is 0. The van der Waals surface area contributed by atoms with Gasteiger partial charge in [0.05, 0.1) is 18.3 Å². The highest BCUT2D eigenvalue weighted by Crippen LogP contribution is 2.28. The van der Waals surface area contributed by atoms with Crippen molar-refractivity contribution in [3.63, 3.8) is 0 Å². The van der Waals surface area contributed by atoms with Crippen molar-refractivity contribution >= 4 is 5.69 Å². The van der Waals surface area contributed by atoms with Crippen LogP contribution in [0.4, 0.5) is 5.69 Å². The van der Waals surface area contributed by atoms with Crippen LogP contribution in [0.15, 0.2) is 24.4 Å². The predicted octanol–water partition coefficient (Wildman–Crippen LogP) is 3.52. The number of benzene rings is 1. The number of hydrogen-bond acceptors (Lipinski definition) is 3. The molecule has 3 rings (SSSR count). The Morgan fingerprint density at radius 3 is 2.76 bits per heavy atom. The van der Waals surface area contributed by atoms with Crippen LogP contribution in [0.1, 0.15) is 50.4 Å². The van der Waals surface area contributed by atoms with Gasteiger partial charge in [-0.15, -0.1) is 5.10 Å². The zero-order chi connectivity index (χ0) is 14.9. The van der Waals surface area contributed by atoms with Crippen molar-refractivity contribution in [2.45, 2.75) is 58.5 Å². The molecule has 1 heterocycles. The van der Waals surface area contributed by atoms with Crippen LogP contribution in [-0.2, 0) is 24.9 Å². The molecule has 0 spiro atoms. The van der Waals surface area contributed by atoms with E-state index in [-0.39, 0.29) is 5.54 Å². The first-order valence-electron chi connectivity index (χ1n) is 7.80. The Balaban J connectivity index is 1.72. The Morgan fingerprint density at radius 2 is 2.00 bits per heavy atom. The number of aryl methyl sites for hydroxylation is 1. The number of anilines is 1. The smallest absolute Gasteiger partial charge is 0.102 e. The van der Waals surface area contributed by atoms with Crippen LogP contribution in [-0.4, -0.2) is 15.0 Å². The molecule has 2 aromatic rings. The monoisotopic (exact) mass is 284 g/mol. The quantitative estimate of drug-likeness (QED) is 0.937. The second kappa shape index (κ2) is 5.51. The Hall–Kier alpha value is -1.84. The van der Waals surface area contributed by atoms with Gasteiger partial charge in [-0.05, 0) is 63.6 Å². The molecule has 4 heteroatoms. The normalized spacial score (nSPS) is 14.8. The van der Waals surface area contributed by atoms with Gasteiger partial charge >= 0.3 is 0 Å². The van der Waals surface area contributed by atoms with Gasteiger partial charge in [0.15, 0.2) is 0 Å². The molecular formula is C17H24N4. The Labute approximate surface area is 126 Å². The molecule has 0 bridgehead atoms. The van der Waals surface area contributed by atoms with Gasteiger partial charge in [-0.25, -0.2) is 4.68 Å². The molecule has 21 heavy (non-hydrogen) atoms. The molecule has 1 aliphatic carbocycles. The summed E-state index contributed by atoms with van der Waals surface area (Å²) in [7, 11) is 0. The molecule has 0 saturated heterocycles. The van der Waals surface area contributed by atoms with Crippen molar-refractivity contribution in [2.75, 3.05) is 5.32 Å². The van der Waals surface area contributed by atoms with Crippen LogP contribution in [0, 0.1) is 0 Å². The fraction of sp³-hybridized carbons (Fsp3) is 0.529. The molecule has 1 aromatic heterocycles. The van der Waals surface area contributed by atoms with Crippen LogP contribution in [0.25, 0.3) is 0 Å². The molecule has 0 atom stereocenters. The van der Waals surface area contributed by atoms with Gasteiger partial charge in [-0.2, -0.15) is 0 Å². The van der Waals surface area contributed by atoms with E-state index in [4.69, 9.17) is 0 Å². The Bertz CT molecular complexity index is 622. The summed E-state index contributed by atoms with van der Waals surface area (Å²) in [4.78, 5) is 0. The number of aromatic nitrogens is 3. The van der Waals surface area contributed by atoms with Crippen LogP contribution < -0.4 is 5.32 Å². The fourth-order valence-corrected chi connectivity index (χ4v) is 2.84. The van der Waals surface area contributed by atoms with Crippen LogP contribution in [0.2, 0.25) is 0 Å². The van der Waals surface area contributed by atoms with E-state index in [2.05, 4.69) is 54.6 Å². The van der Waals surface area contributed by atoms with E-state index in [0.717, 1.165) is 12.2 Å². The van der Waals surface area contributed by atoms with Gasteiger partial charge in [0.2, 0.25) is 0 Å². The first kappa shape index (κ1) is 14.1. The summed E-state index contributed by atoms with van der Waals surface area (Å²) >= 11 is 0. The van der Waals surface area contributed by atoms with Crippen molar-refractivity contribution in [1.29, 1.82) is 0 Å². The van der Waals surface area contributed by atoms with E-state index in [0.29, 0.717) is 0 Å². The Kier molecular flexibility index (Phi) is 3.70. The molecule has 1 aromatic carbocycles. The van der Waals surface area contributed by atoms with E-state index in [9.17, 15) is 0 Å². The third-order valence-corrected chi connectivity index (χ3v) is 4.08. The lowest BCUT2D eigenvalue weighted by Gasteiger charge is -2.20. The highest BCUT2D eigenvalue weighted by atomic mass is 15.4. The van der Waals surface area contributed by atoms with Crippen molar-refractivity contribution in [2.24, 2.45) is 0 Å². The van der Waals surface area contributed by atoms with Gasteiger partial charge in [0.25, 0.3) is 0 Å². The highest BCUT2D eigenvalue weighted by Gasteiger charge is 2.16. The number of hydrogen-bond donors (Lipinski definition) is 1. The lowest BCUT2D eigenvalue weighted by atomic mass is 9.90. The van der Waals surface area contributed by atoms with Crippen LogP contribution in [0.5, 0.6) is 0 Å². The summed E-state index contributed by atoms with van der Waals surface area (Å²) in [6, 6.07) is 6.59. The maximum Gasteiger partial charge on any atom is 0.102 e. The van der Waals surface area contributed by atoms with E-state index < -0.39 is 0 Å². The van der Waals surface area contributed by atoms with Gasteiger partial charge in [-0.3, -0.25) is 0 Å². The molecule has 0 fully saturated rings.